The molecule has 3 aromatic rings. The summed E-state index contributed by atoms with van der Waals surface area (Å²) in [5, 5.41) is 1.14. The van der Waals surface area contributed by atoms with Gasteiger partial charge in [-0.25, -0.2) is 4.39 Å². The summed E-state index contributed by atoms with van der Waals surface area (Å²) in [5.41, 5.74) is 3.98. The molecule has 0 bridgehead atoms. The average Bonchev–Trinajstić information content (AvgIpc) is 3.30. The quantitative estimate of drug-likeness (QED) is 0.737. The number of carbonyl (C=O) groups is 1. The van der Waals surface area contributed by atoms with Crippen LogP contribution in [0.25, 0.3) is 10.9 Å². The average molecular weight is 364 g/mol. The molecule has 1 saturated carbocycles. The standard InChI is InChI=1S/C22H21FN2O2/c1-13(26)25-12-22(9-10-22)18-16-7-4-8-17(27-2)19(16)24-20(18)21(25)14-5-3-6-15(23)11-14/h3-8,11,21,24H,9-10,12H2,1-2H3. The highest BCUT2D eigenvalue weighted by atomic mass is 19.1. The molecule has 1 amide bonds. The number of para-hydroxylation sites is 1. The molecular weight excluding hydrogens is 343 g/mol. The van der Waals surface area contributed by atoms with Gasteiger partial charge >= 0.3 is 0 Å². The normalized spacial score (nSPS) is 20.0. The number of rotatable bonds is 2. The van der Waals surface area contributed by atoms with E-state index in [9.17, 15) is 9.18 Å². The molecule has 5 rings (SSSR count). The van der Waals surface area contributed by atoms with Gasteiger partial charge in [-0.2, -0.15) is 0 Å². The van der Waals surface area contributed by atoms with Gasteiger partial charge in [-0.3, -0.25) is 4.79 Å². The van der Waals surface area contributed by atoms with E-state index in [4.69, 9.17) is 4.74 Å². The Balaban J connectivity index is 1.81. The Morgan fingerprint density at radius 3 is 2.70 bits per heavy atom. The van der Waals surface area contributed by atoms with Gasteiger partial charge in [0.25, 0.3) is 0 Å². The minimum Gasteiger partial charge on any atom is -0.495 e. The van der Waals surface area contributed by atoms with E-state index < -0.39 is 0 Å². The fourth-order valence-corrected chi connectivity index (χ4v) is 4.68. The molecular formula is C22H21FN2O2. The molecule has 138 valence electrons. The summed E-state index contributed by atoms with van der Waals surface area (Å²) in [6.07, 6.45) is 2.12. The fraction of sp³-hybridized carbons (Fsp3) is 0.318. The van der Waals surface area contributed by atoms with Crippen molar-refractivity contribution in [1.82, 2.24) is 9.88 Å². The van der Waals surface area contributed by atoms with Crippen molar-refractivity contribution >= 4 is 16.8 Å². The van der Waals surface area contributed by atoms with E-state index in [0.717, 1.165) is 40.8 Å². The number of methoxy groups -OCH3 is 1. The minimum atomic E-state index is -0.323. The predicted octanol–water partition coefficient (Wildman–Crippen LogP) is 4.30. The zero-order valence-corrected chi connectivity index (χ0v) is 15.4. The molecule has 4 nitrogen and oxygen atoms in total. The number of aromatic nitrogens is 1. The lowest BCUT2D eigenvalue weighted by Gasteiger charge is -2.40. The van der Waals surface area contributed by atoms with Crippen LogP contribution in [0.3, 0.4) is 0 Å². The number of ether oxygens (including phenoxy) is 1. The Morgan fingerprint density at radius 2 is 2.04 bits per heavy atom. The van der Waals surface area contributed by atoms with Crippen LogP contribution in [0.4, 0.5) is 4.39 Å². The lowest BCUT2D eigenvalue weighted by atomic mass is 9.83. The van der Waals surface area contributed by atoms with E-state index in [1.165, 1.54) is 17.7 Å². The van der Waals surface area contributed by atoms with Gasteiger partial charge in [0, 0.05) is 30.0 Å². The number of amides is 1. The molecule has 0 saturated heterocycles. The molecule has 1 aliphatic carbocycles. The van der Waals surface area contributed by atoms with Crippen LogP contribution in [0.2, 0.25) is 0 Å². The van der Waals surface area contributed by atoms with Crippen LogP contribution in [0.5, 0.6) is 5.75 Å². The van der Waals surface area contributed by atoms with Crippen molar-refractivity contribution in [3.63, 3.8) is 0 Å². The Morgan fingerprint density at radius 1 is 1.26 bits per heavy atom. The molecule has 1 fully saturated rings. The molecule has 27 heavy (non-hydrogen) atoms. The molecule has 1 aromatic heterocycles. The van der Waals surface area contributed by atoms with E-state index in [2.05, 4.69) is 11.1 Å². The highest BCUT2D eigenvalue weighted by Crippen LogP contribution is 2.58. The maximum Gasteiger partial charge on any atom is 0.220 e. The van der Waals surface area contributed by atoms with Gasteiger partial charge in [0.2, 0.25) is 5.91 Å². The van der Waals surface area contributed by atoms with Crippen molar-refractivity contribution in [2.24, 2.45) is 0 Å². The zero-order valence-electron chi connectivity index (χ0n) is 15.4. The summed E-state index contributed by atoms with van der Waals surface area (Å²) in [4.78, 5) is 17.9. The van der Waals surface area contributed by atoms with Gasteiger partial charge in [0.15, 0.2) is 0 Å². The second-order valence-corrected chi connectivity index (χ2v) is 7.68. The second kappa shape index (κ2) is 5.59. The van der Waals surface area contributed by atoms with Crippen molar-refractivity contribution in [3.8, 4) is 5.75 Å². The van der Waals surface area contributed by atoms with Crippen LogP contribution in [0.15, 0.2) is 42.5 Å². The van der Waals surface area contributed by atoms with Gasteiger partial charge in [0.05, 0.1) is 18.7 Å². The first-order valence-electron chi connectivity index (χ1n) is 9.26. The summed E-state index contributed by atoms with van der Waals surface area (Å²) in [7, 11) is 1.66. The van der Waals surface area contributed by atoms with Crippen molar-refractivity contribution in [2.75, 3.05) is 13.7 Å². The van der Waals surface area contributed by atoms with E-state index in [-0.39, 0.29) is 23.2 Å². The van der Waals surface area contributed by atoms with E-state index in [0.29, 0.717) is 6.54 Å². The highest BCUT2D eigenvalue weighted by molar-refractivity contribution is 5.92. The van der Waals surface area contributed by atoms with Crippen LogP contribution >= 0.6 is 0 Å². The maximum atomic E-state index is 14.0. The first kappa shape index (κ1) is 16.4. The number of hydrogen-bond donors (Lipinski definition) is 1. The van der Waals surface area contributed by atoms with E-state index in [1.807, 2.05) is 23.1 Å². The van der Waals surface area contributed by atoms with Crippen molar-refractivity contribution in [1.29, 1.82) is 0 Å². The maximum absolute atomic E-state index is 14.0. The fourth-order valence-electron chi connectivity index (χ4n) is 4.68. The Bertz CT molecular complexity index is 1070. The molecule has 1 aliphatic heterocycles. The first-order valence-corrected chi connectivity index (χ1v) is 9.26. The summed E-state index contributed by atoms with van der Waals surface area (Å²) in [6.45, 7) is 2.26. The van der Waals surface area contributed by atoms with Crippen molar-refractivity contribution < 1.29 is 13.9 Å². The van der Waals surface area contributed by atoms with Crippen LogP contribution in [0.1, 0.15) is 42.6 Å². The molecule has 1 unspecified atom stereocenters. The van der Waals surface area contributed by atoms with Gasteiger partial charge < -0.3 is 14.6 Å². The topological polar surface area (TPSA) is 45.3 Å². The monoisotopic (exact) mass is 364 g/mol. The lowest BCUT2D eigenvalue weighted by molar-refractivity contribution is -0.131. The summed E-state index contributed by atoms with van der Waals surface area (Å²) >= 11 is 0. The zero-order chi connectivity index (χ0) is 18.8. The van der Waals surface area contributed by atoms with Gasteiger partial charge in [-0.15, -0.1) is 0 Å². The SMILES string of the molecule is COc1cccc2c3c([nH]c12)C(c1cccc(F)c1)N(C(C)=O)CC31CC1. The number of aromatic amines is 1. The second-order valence-electron chi connectivity index (χ2n) is 7.68. The first-order chi connectivity index (χ1) is 13.0. The van der Waals surface area contributed by atoms with Crippen LogP contribution in [0, 0.1) is 5.82 Å². The molecule has 0 radical (unpaired) electrons. The Hall–Kier alpha value is -2.82. The third-order valence-corrected chi connectivity index (χ3v) is 6.06. The Labute approximate surface area is 156 Å². The molecule has 2 aromatic carbocycles. The highest BCUT2D eigenvalue weighted by Gasteiger charge is 2.54. The minimum absolute atomic E-state index is 0.00452. The number of carbonyl (C=O) groups excluding carboxylic acids is 1. The number of nitrogens with one attached hydrogen (secondary N) is 1. The number of hydrogen-bond acceptors (Lipinski definition) is 2. The number of fused-ring (bicyclic) bond motifs is 4. The Kier molecular flexibility index (Phi) is 3.39. The van der Waals surface area contributed by atoms with Gasteiger partial charge in [-0.1, -0.05) is 24.3 Å². The lowest BCUT2D eigenvalue weighted by Crippen LogP contribution is -2.44. The van der Waals surface area contributed by atoms with Gasteiger partial charge in [0.1, 0.15) is 11.6 Å². The van der Waals surface area contributed by atoms with Gasteiger partial charge in [-0.05, 0) is 42.2 Å². The molecule has 2 aliphatic rings. The van der Waals surface area contributed by atoms with Crippen molar-refractivity contribution in [2.45, 2.75) is 31.2 Å². The molecule has 1 spiro atoms. The van der Waals surface area contributed by atoms with E-state index in [1.54, 1.807) is 20.1 Å². The van der Waals surface area contributed by atoms with E-state index >= 15 is 0 Å². The third kappa shape index (κ3) is 2.30. The molecule has 1 N–H and O–H groups in total. The van der Waals surface area contributed by atoms with Crippen LogP contribution in [-0.4, -0.2) is 29.4 Å². The third-order valence-electron chi connectivity index (χ3n) is 6.06. The van der Waals surface area contributed by atoms with Crippen LogP contribution in [-0.2, 0) is 10.2 Å². The number of nitrogens with zero attached hydrogens (tertiary/aromatic N) is 1. The summed E-state index contributed by atoms with van der Waals surface area (Å²) < 4.78 is 19.5. The summed E-state index contributed by atoms with van der Waals surface area (Å²) in [5.74, 6) is 0.495. The number of H-pyrrole nitrogens is 1. The van der Waals surface area contributed by atoms with Crippen molar-refractivity contribution in [3.05, 3.63) is 65.1 Å². The number of halogens is 1. The number of benzene rings is 2. The van der Waals surface area contributed by atoms with Crippen LogP contribution < -0.4 is 4.74 Å². The molecule has 1 atom stereocenters. The predicted molar refractivity (Wildman–Crippen MR) is 101 cm³/mol. The molecule has 2 heterocycles. The smallest absolute Gasteiger partial charge is 0.220 e. The summed E-state index contributed by atoms with van der Waals surface area (Å²) in [6, 6.07) is 12.3. The molecule has 5 heteroatoms. The largest absolute Gasteiger partial charge is 0.495 e.